The van der Waals surface area contributed by atoms with Crippen molar-refractivity contribution in [2.24, 2.45) is 0 Å². The first-order valence-corrected chi connectivity index (χ1v) is 5.77. The average Bonchev–Trinajstić information content (AvgIpc) is 2.16. The highest BCUT2D eigenvalue weighted by atomic mass is 35.5. The quantitative estimate of drug-likeness (QED) is 0.644. The molecular weight excluding hydrogens is 222 g/mol. The number of anilines is 1. The van der Waals surface area contributed by atoms with Crippen molar-refractivity contribution in [2.75, 3.05) is 11.9 Å². The van der Waals surface area contributed by atoms with Crippen molar-refractivity contribution >= 4 is 17.4 Å². The second kappa shape index (κ2) is 5.85. The highest BCUT2D eigenvalue weighted by Gasteiger charge is 2.12. The number of allylic oxidation sites excluding steroid dienone is 1. The van der Waals surface area contributed by atoms with E-state index in [1.807, 2.05) is 0 Å². The molecule has 0 saturated heterocycles. The number of rotatable bonds is 4. The number of hydrogen-bond acceptors (Lipinski definition) is 3. The third kappa shape index (κ3) is 3.49. The molecule has 4 heteroatoms. The van der Waals surface area contributed by atoms with Gasteiger partial charge in [0.1, 0.15) is 17.3 Å². The van der Waals surface area contributed by atoms with Crippen LogP contribution in [0, 0.1) is 0 Å². The monoisotopic (exact) mass is 239 g/mol. The third-order valence-corrected chi connectivity index (χ3v) is 2.49. The molecule has 0 aliphatic rings. The van der Waals surface area contributed by atoms with E-state index in [-0.39, 0.29) is 0 Å². The number of nitrogens with zero attached hydrogens (tertiary/aromatic N) is 2. The van der Waals surface area contributed by atoms with E-state index < -0.39 is 0 Å². The predicted molar refractivity (Wildman–Crippen MR) is 69.1 cm³/mol. The van der Waals surface area contributed by atoms with E-state index in [4.69, 9.17) is 11.6 Å². The summed E-state index contributed by atoms with van der Waals surface area (Å²) in [6.45, 7) is 9.05. The van der Waals surface area contributed by atoms with Gasteiger partial charge in [0.05, 0.1) is 0 Å². The molecule has 0 fully saturated rings. The zero-order valence-electron chi connectivity index (χ0n) is 10.2. The Morgan fingerprint density at radius 1 is 1.44 bits per heavy atom. The van der Waals surface area contributed by atoms with E-state index >= 15 is 0 Å². The van der Waals surface area contributed by atoms with E-state index in [2.05, 4.69) is 49.1 Å². The Labute approximate surface area is 102 Å². The Morgan fingerprint density at radius 2 is 2.12 bits per heavy atom. The summed E-state index contributed by atoms with van der Waals surface area (Å²) in [4.78, 5) is 8.22. The van der Waals surface area contributed by atoms with Crippen LogP contribution in [0.15, 0.2) is 18.0 Å². The molecule has 0 spiro atoms. The fourth-order valence-electron chi connectivity index (χ4n) is 1.38. The Kier molecular flexibility index (Phi) is 4.74. The van der Waals surface area contributed by atoms with Crippen LogP contribution in [-0.4, -0.2) is 16.5 Å². The standard InChI is InChI=1S/C12H18ClN3/c1-8(2)5-6-14-12-10(9(3)4)11(13)15-7-16-12/h5,7,9H,6H2,1-4H3,(H,14,15,16). The van der Waals surface area contributed by atoms with Crippen molar-refractivity contribution < 1.29 is 0 Å². The Balaban J connectivity index is 2.87. The van der Waals surface area contributed by atoms with Crippen molar-refractivity contribution in [1.29, 1.82) is 0 Å². The lowest BCUT2D eigenvalue weighted by Gasteiger charge is -2.13. The molecule has 1 N–H and O–H groups in total. The number of halogens is 1. The molecule has 0 atom stereocenters. The van der Waals surface area contributed by atoms with Gasteiger partial charge in [-0.3, -0.25) is 0 Å². The van der Waals surface area contributed by atoms with Crippen LogP contribution in [0.4, 0.5) is 5.82 Å². The van der Waals surface area contributed by atoms with Crippen LogP contribution in [0.1, 0.15) is 39.2 Å². The molecule has 0 aliphatic heterocycles. The summed E-state index contributed by atoms with van der Waals surface area (Å²) in [5.74, 6) is 1.13. The van der Waals surface area contributed by atoms with Gasteiger partial charge < -0.3 is 5.32 Å². The van der Waals surface area contributed by atoms with Gasteiger partial charge in [-0.05, 0) is 19.8 Å². The van der Waals surface area contributed by atoms with Gasteiger partial charge in [-0.1, -0.05) is 37.1 Å². The van der Waals surface area contributed by atoms with Crippen molar-refractivity contribution in [3.63, 3.8) is 0 Å². The zero-order valence-corrected chi connectivity index (χ0v) is 11.0. The first-order chi connectivity index (χ1) is 7.52. The fourth-order valence-corrected chi connectivity index (χ4v) is 1.73. The van der Waals surface area contributed by atoms with E-state index in [9.17, 15) is 0 Å². The molecule has 16 heavy (non-hydrogen) atoms. The van der Waals surface area contributed by atoms with Crippen molar-refractivity contribution in [1.82, 2.24) is 9.97 Å². The van der Waals surface area contributed by atoms with Crippen molar-refractivity contribution in [2.45, 2.75) is 33.6 Å². The van der Waals surface area contributed by atoms with E-state index in [0.29, 0.717) is 11.1 Å². The molecule has 0 unspecified atom stereocenters. The molecule has 1 aromatic heterocycles. The topological polar surface area (TPSA) is 37.8 Å². The van der Waals surface area contributed by atoms with E-state index in [0.717, 1.165) is 17.9 Å². The van der Waals surface area contributed by atoms with Crippen LogP contribution >= 0.6 is 11.6 Å². The molecule has 0 radical (unpaired) electrons. The first kappa shape index (κ1) is 13.0. The normalized spacial score (nSPS) is 10.4. The summed E-state index contributed by atoms with van der Waals surface area (Å²) in [5, 5.41) is 3.79. The molecule has 0 aliphatic carbocycles. The van der Waals surface area contributed by atoms with Gasteiger partial charge in [0, 0.05) is 12.1 Å². The summed E-state index contributed by atoms with van der Waals surface area (Å²) in [5.41, 5.74) is 2.25. The summed E-state index contributed by atoms with van der Waals surface area (Å²) in [6.07, 6.45) is 3.60. The summed E-state index contributed by atoms with van der Waals surface area (Å²) in [7, 11) is 0. The largest absolute Gasteiger partial charge is 0.366 e. The molecular formula is C12H18ClN3. The van der Waals surface area contributed by atoms with Gasteiger partial charge in [-0.25, -0.2) is 9.97 Å². The van der Waals surface area contributed by atoms with Crippen LogP contribution in [0.5, 0.6) is 0 Å². The molecule has 0 bridgehead atoms. The molecule has 1 heterocycles. The summed E-state index contributed by atoms with van der Waals surface area (Å²) >= 11 is 6.06. The minimum absolute atomic E-state index is 0.308. The second-order valence-corrected chi connectivity index (χ2v) is 4.60. The third-order valence-electron chi connectivity index (χ3n) is 2.19. The lowest BCUT2D eigenvalue weighted by Crippen LogP contribution is -2.07. The predicted octanol–water partition coefficient (Wildman–Crippen LogP) is 3.63. The maximum atomic E-state index is 6.06. The fraction of sp³-hybridized carbons (Fsp3) is 0.500. The van der Waals surface area contributed by atoms with Crippen LogP contribution in [0.2, 0.25) is 5.15 Å². The van der Waals surface area contributed by atoms with Gasteiger partial charge in [0.25, 0.3) is 0 Å². The molecule has 0 amide bonds. The van der Waals surface area contributed by atoms with Crippen LogP contribution < -0.4 is 5.32 Å². The maximum Gasteiger partial charge on any atom is 0.138 e. The molecule has 0 aromatic carbocycles. The Bertz CT molecular complexity index is 382. The van der Waals surface area contributed by atoms with Gasteiger partial charge in [-0.15, -0.1) is 0 Å². The average molecular weight is 240 g/mol. The molecule has 3 nitrogen and oxygen atoms in total. The van der Waals surface area contributed by atoms with Crippen LogP contribution in [0.25, 0.3) is 0 Å². The van der Waals surface area contributed by atoms with Gasteiger partial charge in [0.15, 0.2) is 0 Å². The van der Waals surface area contributed by atoms with Crippen LogP contribution in [0.3, 0.4) is 0 Å². The van der Waals surface area contributed by atoms with Gasteiger partial charge >= 0.3 is 0 Å². The molecule has 1 rings (SSSR count). The number of aromatic nitrogens is 2. The van der Waals surface area contributed by atoms with Crippen molar-refractivity contribution in [3.8, 4) is 0 Å². The van der Waals surface area contributed by atoms with Gasteiger partial charge in [-0.2, -0.15) is 0 Å². The SMILES string of the molecule is CC(C)=CCNc1ncnc(Cl)c1C(C)C. The highest BCUT2D eigenvalue weighted by molar-refractivity contribution is 6.30. The zero-order chi connectivity index (χ0) is 12.1. The Hall–Kier alpha value is -1.09. The lowest BCUT2D eigenvalue weighted by molar-refractivity contribution is 0.847. The maximum absolute atomic E-state index is 6.06. The minimum Gasteiger partial charge on any atom is -0.366 e. The number of hydrogen-bond donors (Lipinski definition) is 1. The highest BCUT2D eigenvalue weighted by Crippen LogP contribution is 2.27. The Morgan fingerprint density at radius 3 is 2.69 bits per heavy atom. The molecule has 1 aromatic rings. The lowest BCUT2D eigenvalue weighted by atomic mass is 10.1. The molecule has 88 valence electrons. The minimum atomic E-state index is 0.308. The van der Waals surface area contributed by atoms with Gasteiger partial charge in [0.2, 0.25) is 0 Å². The second-order valence-electron chi connectivity index (χ2n) is 4.24. The van der Waals surface area contributed by atoms with E-state index in [1.54, 1.807) is 0 Å². The van der Waals surface area contributed by atoms with Crippen molar-refractivity contribution in [3.05, 3.63) is 28.7 Å². The van der Waals surface area contributed by atoms with Crippen LogP contribution in [-0.2, 0) is 0 Å². The first-order valence-electron chi connectivity index (χ1n) is 5.40. The summed E-state index contributed by atoms with van der Waals surface area (Å²) in [6, 6.07) is 0. The van der Waals surface area contributed by atoms with E-state index in [1.165, 1.54) is 11.9 Å². The summed E-state index contributed by atoms with van der Waals surface area (Å²) < 4.78 is 0. The number of nitrogens with one attached hydrogen (secondary N) is 1. The molecule has 0 saturated carbocycles. The smallest absolute Gasteiger partial charge is 0.138 e.